The summed E-state index contributed by atoms with van der Waals surface area (Å²) in [5.74, 6) is 1.76. The number of rotatable bonds is 5. The van der Waals surface area contributed by atoms with Crippen LogP contribution in [0.5, 0.6) is 0 Å². The van der Waals surface area contributed by atoms with Crippen LogP contribution in [0.15, 0.2) is 24.3 Å². The molecule has 190 valence electrons. The van der Waals surface area contributed by atoms with Crippen molar-refractivity contribution in [3.05, 3.63) is 35.5 Å². The van der Waals surface area contributed by atoms with E-state index in [1.54, 1.807) is 0 Å². The van der Waals surface area contributed by atoms with Crippen LogP contribution < -0.4 is 15.5 Å². The fourth-order valence-electron chi connectivity index (χ4n) is 4.62. The van der Waals surface area contributed by atoms with Gasteiger partial charge in [0.15, 0.2) is 5.82 Å². The summed E-state index contributed by atoms with van der Waals surface area (Å²) in [6.07, 6.45) is 0.945. The summed E-state index contributed by atoms with van der Waals surface area (Å²) in [6, 6.07) is 8.27. The van der Waals surface area contributed by atoms with Crippen LogP contribution >= 0.6 is 0 Å². The number of aromatic nitrogens is 2. The number of nitrogens with zero attached hydrogens (tertiary/aromatic N) is 4. The number of ether oxygens (including phenoxy) is 2. The maximum atomic E-state index is 11.8. The summed E-state index contributed by atoms with van der Waals surface area (Å²) >= 11 is 0. The normalized spacial score (nSPS) is 20.2. The van der Waals surface area contributed by atoms with Crippen LogP contribution in [0.1, 0.15) is 39.0 Å². The highest BCUT2D eigenvalue weighted by Gasteiger charge is 2.33. The van der Waals surface area contributed by atoms with Gasteiger partial charge in [-0.2, -0.15) is 0 Å². The van der Waals surface area contributed by atoms with E-state index in [0.717, 1.165) is 67.9 Å². The Balaban J connectivity index is 0.00000141. The quantitative estimate of drug-likeness (QED) is 0.676. The molecule has 0 radical (unpaired) electrons. The second-order valence-corrected chi connectivity index (χ2v) is 8.89. The van der Waals surface area contributed by atoms with Crippen molar-refractivity contribution in [2.24, 2.45) is 0 Å². The third kappa shape index (κ3) is 5.74. The van der Waals surface area contributed by atoms with Gasteiger partial charge in [-0.1, -0.05) is 13.8 Å². The molecule has 1 atom stereocenters. The van der Waals surface area contributed by atoms with Gasteiger partial charge in [0, 0.05) is 43.0 Å². The molecule has 2 aromatic rings. The van der Waals surface area contributed by atoms with E-state index < -0.39 is 0 Å². The lowest BCUT2D eigenvalue weighted by Crippen LogP contribution is -2.51. The summed E-state index contributed by atoms with van der Waals surface area (Å²) in [4.78, 5) is 26.8. The Morgan fingerprint density at radius 3 is 2.51 bits per heavy atom. The van der Waals surface area contributed by atoms with Gasteiger partial charge in [0.05, 0.1) is 44.2 Å². The van der Waals surface area contributed by atoms with Crippen molar-refractivity contribution in [1.82, 2.24) is 20.2 Å². The van der Waals surface area contributed by atoms with Crippen molar-refractivity contribution in [3.8, 4) is 11.4 Å². The Bertz CT molecular complexity index is 995. The standard InChI is InChI=1S/C24H32N6O3.C2H6/c1-3-25-24(31)26-18-6-4-17(5-7-18)22-27-21-12-29(19-14-33-15-19)9-8-20(21)23(28-22)30-10-11-32-13-16(30)2;1-2/h4-7,16,19H,3,8-15H2,1-2H3,(H2,25,26,31);1-2H3/t16-;/m0./s1. The summed E-state index contributed by atoms with van der Waals surface area (Å²) < 4.78 is 11.1. The highest BCUT2D eigenvalue weighted by atomic mass is 16.5. The Labute approximate surface area is 208 Å². The Kier molecular flexibility index (Phi) is 8.54. The molecule has 2 amide bonds. The first-order valence-electron chi connectivity index (χ1n) is 12.8. The number of urea groups is 1. The highest BCUT2D eigenvalue weighted by Crippen LogP contribution is 2.32. The third-order valence-corrected chi connectivity index (χ3v) is 6.59. The van der Waals surface area contributed by atoms with Crippen molar-refractivity contribution in [2.75, 3.05) is 56.3 Å². The van der Waals surface area contributed by atoms with Gasteiger partial charge < -0.3 is 25.0 Å². The van der Waals surface area contributed by atoms with Crippen molar-refractivity contribution < 1.29 is 14.3 Å². The summed E-state index contributed by atoms with van der Waals surface area (Å²) in [5, 5.41) is 5.58. The molecule has 9 nitrogen and oxygen atoms in total. The van der Waals surface area contributed by atoms with Crippen LogP contribution in [0.4, 0.5) is 16.3 Å². The monoisotopic (exact) mass is 482 g/mol. The molecule has 4 heterocycles. The van der Waals surface area contributed by atoms with Gasteiger partial charge in [-0.25, -0.2) is 14.8 Å². The molecule has 0 bridgehead atoms. The molecule has 1 aromatic carbocycles. The number of hydrogen-bond acceptors (Lipinski definition) is 7. The minimum atomic E-state index is -0.209. The predicted molar refractivity (Wildman–Crippen MR) is 138 cm³/mol. The van der Waals surface area contributed by atoms with Crippen LogP contribution in [0, 0.1) is 0 Å². The highest BCUT2D eigenvalue weighted by molar-refractivity contribution is 5.89. The van der Waals surface area contributed by atoms with Crippen molar-refractivity contribution >= 4 is 17.5 Å². The first-order valence-corrected chi connectivity index (χ1v) is 12.8. The Morgan fingerprint density at radius 2 is 1.86 bits per heavy atom. The van der Waals surface area contributed by atoms with Gasteiger partial charge in [-0.15, -0.1) is 0 Å². The molecule has 0 unspecified atom stereocenters. The predicted octanol–water partition coefficient (Wildman–Crippen LogP) is 3.29. The first-order chi connectivity index (χ1) is 17.1. The second-order valence-electron chi connectivity index (χ2n) is 8.89. The minimum Gasteiger partial charge on any atom is -0.378 e. The van der Waals surface area contributed by atoms with Gasteiger partial charge in [0.25, 0.3) is 0 Å². The van der Waals surface area contributed by atoms with Crippen molar-refractivity contribution in [1.29, 1.82) is 0 Å². The van der Waals surface area contributed by atoms with Gasteiger partial charge in [-0.3, -0.25) is 4.90 Å². The smallest absolute Gasteiger partial charge is 0.319 e. The lowest BCUT2D eigenvalue weighted by molar-refractivity contribution is -0.0699. The average Bonchev–Trinajstić information content (AvgIpc) is 2.84. The number of amides is 2. The summed E-state index contributed by atoms with van der Waals surface area (Å²) in [5.41, 5.74) is 4.04. The zero-order chi connectivity index (χ0) is 24.8. The van der Waals surface area contributed by atoms with E-state index in [0.29, 0.717) is 25.8 Å². The molecule has 1 aromatic heterocycles. The number of anilines is 2. The summed E-state index contributed by atoms with van der Waals surface area (Å²) in [6.45, 7) is 14.4. The molecule has 5 rings (SSSR count). The van der Waals surface area contributed by atoms with Gasteiger partial charge in [0.1, 0.15) is 5.82 Å². The van der Waals surface area contributed by atoms with E-state index in [1.807, 2.05) is 45.0 Å². The van der Waals surface area contributed by atoms with Crippen LogP contribution in [0.2, 0.25) is 0 Å². The fraction of sp³-hybridized carbons (Fsp3) is 0.577. The largest absolute Gasteiger partial charge is 0.378 e. The van der Waals surface area contributed by atoms with E-state index in [1.165, 1.54) is 5.56 Å². The molecule has 35 heavy (non-hydrogen) atoms. The third-order valence-electron chi connectivity index (χ3n) is 6.59. The second kappa shape index (κ2) is 11.8. The van der Waals surface area contributed by atoms with Crippen LogP contribution in [0.25, 0.3) is 11.4 Å². The number of nitrogens with one attached hydrogen (secondary N) is 2. The molecule has 2 fully saturated rings. The number of fused-ring (bicyclic) bond motifs is 1. The maximum absolute atomic E-state index is 11.8. The zero-order valence-electron chi connectivity index (χ0n) is 21.3. The molecule has 3 aliphatic heterocycles. The van der Waals surface area contributed by atoms with Crippen LogP contribution in [-0.4, -0.2) is 79.0 Å². The van der Waals surface area contributed by atoms with Gasteiger partial charge in [0.2, 0.25) is 0 Å². The van der Waals surface area contributed by atoms with Crippen LogP contribution in [0.3, 0.4) is 0 Å². The molecule has 0 spiro atoms. The Morgan fingerprint density at radius 1 is 1.09 bits per heavy atom. The number of morpholine rings is 1. The Hall–Kier alpha value is -2.75. The first kappa shape index (κ1) is 25.3. The molecule has 2 N–H and O–H groups in total. The average molecular weight is 483 g/mol. The SMILES string of the molecule is CC.CCNC(=O)Nc1ccc(-c2nc3c(c(N4CCOC[C@@H]4C)n2)CCN(C2COC2)C3)cc1. The van der Waals surface area contributed by atoms with E-state index in [2.05, 4.69) is 27.4 Å². The minimum absolute atomic E-state index is 0.209. The van der Waals surface area contributed by atoms with Gasteiger partial charge >= 0.3 is 6.03 Å². The van der Waals surface area contributed by atoms with E-state index >= 15 is 0 Å². The fourth-order valence-corrected chi connectivity index (χ4v) is 4.62. The van der Waals surface area contributed by atoms with E-state index in [9.17, 15) is 4.79 Å². The maximum Gasteiger partial charge on any atom is 0.319 e. The summed E-state index contributed by atoms with van der Waals surface area (Å²) in [7, 11) is 0. The number of benzene rings is 1. The molecule has 3 aliphatic rings. The molecular weight excluding hydrogens is 444 g/mol. The van der Waals surface area contributed by atoms with Crippen molar-refractivity contribution in [3.63, 3.8) is 0 Å². The molecule has 0 saturated carbocycles. The number of carbonyl (C=O) groups excluding carboxylic acids is 1. The van der Waals surface area contributed by atoms with E-state index in [-0.39, 0.29) is 12.1 Å². The number of hydrogen-bond donors (Lipinski definition) is 2. The van der Waals surface area contributed by atoms with Crippen molar-refractivity contribution in [2.45, 2.75) is 52.7 Å². The number of carbonyl (C=O) groups is 1. The zero-order valence-corrected chi connectivity index (χ0v) is 21.3. The molecule has 0 aliphatic carbocycles. The molecular formula is C26H38N6O3. The topological polar surface area (TPSA) is 91.9 Å². The van der Waals surface area contributed by atoms with E-state index in [4.69, 9.17) is 19.4 Å². The van der Waals surface area contributed by atoms with Gasteiger partial charge in [-0.05, 0) is 44.5 Å². The lowest BCUT2D eigenvalue weighted by atomic mass is 10.0. The molecule has 9 heteroatoms. The van der Waals surface area contributed by atoms with Crippen LogP contribution in [-0.2, 0) is 22.4 Å². The lowest BCUT2D eigenvalue weighted by Gasteiger charge is -2.41. The molecule has 2 saturated heterocycles.